The molecule has 1 amide bonds. The Morgan fingerprint density at radius 3 is 2.48 bits per heavy atom. The third-order valence-electron chi connectivity index (χ3n) is 5.08. The van der Waals surface area contributed by atoms with Gasteiger partial charge in [-0.1, -0.05) is 6.07 Å². The van der Waals surface area contributed by atoms with Crippen LogP contribution in [0, 0.1) is 5.41 Å². The Labute approximate surface area is 148 Å². The fraction of sp³-hybridized carbons (Fsp3) is 0.474. The molecule has 0 spiro atoms. The Morgan fingerprint density at radius 2 is 1.84 bits per heavy atom. The lowest BCUT2D eigenvalue weighted by Gasteiger charge is -2.40. The first-order chi connectivity index (χ1) is 12.2. The number of piperidine rings is 1. The Kier molecular flexibility index (Phi) is 5.58. The molecule has 132 valence electrons. The fourth-order valence-electron chi connectivity index (χ4n) is 3.60. The molecule has 0 aromatic carbocycles. The van der Waals surface area contributed by atoms with E-state index in [1.54, 1.807) is 19.4 Å². The number of nitrogens with zero attached hydrogens (tertiary/aromatic N) is 4. The van der Waals surface area contributed by atoms with Gasteiger partial charge in [0, 0.05) is 44.4 Å². The molecule has 1 N–H and O–H groups in total. The van der Waals surface area contributed by atoms with Crippen LogP contribution in [0.4, 0.5) is 5.95 Å². The molecule has 0 atom stereocenters. The largest absolute Gasteiger partial charge is 0.359 e. The van der Waals surface area contributed by atoms with Crippen molar-refractivity contribution >= 4 is 11.9 Å². The first-order valence-corrected chi connectivity index (χ1v) is 8.88. The summed E-state index contributed by atoms with van der Waals surface area (Å²) in [6.45, 7) is 1.61. The van der Waals surface area contributed by atoms with Gasteiger partial charge >= 0.3 is 0 Å². The zero-order valence-electron chi connectivity index (χ0n) is 14.7. The van der Waals surface area contributed by atoms with Crippen molar-refractivity contribution in [2.75, 3.05) is 25.0 Å². The maximum Gasteiger partial charge on any atom is 0.226 e. The van der Waals surface area contributed by atoms with Gasteiger partial charge in [-0.05, 0) is 50.3 Å². The van der Waals surface area contributed by atoms with Crippen LogP contribution >= 0.6 is 0 Å². The molecule has 1 aliphatic rings. The van der Waals surface area contributed by atoms with E-state index in [-0.39, 0.29) is 11.3 Å². The number of nitrogens with one attached hydrogen (secondary N) is 1. The highest BCUT2D eigenvalue weighted by Gasteiger charge is 2.40. The summed E-state index contributed by atoms with van der Waals surface area (Å²) in [5.74, 6) is 0.906. The van der Waals surface area contributed by atoms with Crippen LogP contribution in [0.5, 0.6) is 0 Å². The minimum atomic E-state index is -0.297. The van der Waals surface area contributed by atoms with E-state index in [0.717, 1.165) is 56.8 Å². The van der Waals surface area contributed by atoms with E-state index in [1.807, 2.05) is 30.5 Å². The summed E-state index contributed by atoms with van der Waals surface area (Å²) in [6, 6.07) is 7.80. The molecule has 0 unspecified atom stereocenters. The lowest BCUT2D eigenvalue weighted by molar-refractivity contribution is -0.132. The summed E-state index contributed by atoms with van der Waals surface area (Å²) < 4.78 is 0. The third-order valence-corrected chi connectivity index (χ3v) is 5.08. The average molecular weight is 339 g/mol. The van der Waals surface area contributed by atoms with Crippen molar-refractivity contribution in [3.8, 4) is 0 Å². The zero-order valence-corrected chi connectivity index (χ0v) is 14.7. The van der Waals surface area contributed by atoms with Gasteiger partial charge in [-0.15, -0.1) is 0 Å². The Hall–Kier alpha value is -2.50. The standard InChI is InChI=1S/C19H25N5O/c1-20-17(25)19(8-4-7-16-6-2-3-11-21-16)9-14-24(15-10-19)18-22-12-5-13-23-18/h2-3,5-6,11-13H,4,7-10,14-15H2,1H3,(H,20,25). The van der Waals surface area contributed by atoms with Crippen molar-refractivity contribution < 1.29 is 4.79 Å². The number of carbonyl (C=O) groups excluding carboxylic acids is 1. The van der Waals surface area contributed by atoms with E-state index in [1.165, 1.54) is 0 Å². The van der Waals surface area contributed by atoms with Crippen LogP contribution in [0.3, 0.4) is 0 Å². The summed E-state index contributed by atoms with van der Waals surface area (Å²) in [4.78, 5) is 27.8. The maximum absolute atomic E-state index is 12.6. The highest BCUT2D eigenvalue weighted by Crippen LogP contribution is 2.37. The van der Waals surface area contributed by atoms with E-state index in [0.29, 0.717) is 0 Å². The average Bonchev–Trinajstić information content (AvgIpc) is 2.69. The maximum atomic E-state index is 12.6. The second kappa shape index (κ2) is 8.05. The van der Waals surface area contributed by atoms with Gasteiger partial charge in [-0.2, -0.15) is 0 Å². The van der Waals surface area contributed by atoms with Gasteiger partial charge in [0.15, 0.2) is 0 Å². The number of aromatic nitrogens is 3. The van der Waals surface area contributed by atoms with Gasteiger partial charge in [0.1, 0.15) is 0 Å². The van der Waals surface area contributed by atoms with Crippen molar-refractivity contribution in [3.63, 3.8) is 0 Å². The summed E-state index contributed by atoms with van der Waals surface area (Å²) in [6.07, 6.45) is 9.75. The topological polar surface area (TPSA) is 71.0 Å². The lowest BCUT2D eigenvalue weighted by atomic mass is 9.73. The Balaban J connectivity index is 1.61. The molecule has 3 heterocycles. The molecular formula is C19H25N5O. The van der Waals surface area contributed by atoms with Crippen molar-refractivity contribution in [2.45, 2.75) is 32.1 Å². The van der Waals surface area contributed by atoms with Crippen molar-refractivity contribution in [1.29, 1.82) is 0 Å². The van der Waals surface area contributed by atoms with Gasteiger partial charge in [0.25, 0.3) is 0 Å². The summed E-state index contributed by atoms with van der Waals surface area (Å²) in [5.41, 5.74) is 0.791. The second-order valence-corrected chi connectivity index (χ2v) is 6.57. The molecule has 6 nitrogen and oxygen atoms in total. The van der Waals surface area contributed by atoms with Crippen LogP contribution in [0.2, 0.25) is 0 Å². The summed E-state index contributed by atoms with van der Waals surface area (Å²) in [7, 11) is 1.73. The van der Waals surface area contributed by atoms with Crippen molar-refractivity contribution in [2.24, 2.45) is 5.41 Å². The number of amides is 1. The number of hydrogen-bond donors (Lipinski definition) is 1. The number of rotatable bonds is 6. The molecule has 2 aromatic heterocycles. The van der Waals surface area contributed by atoms with Crippen LogP contribution in [-0.2, 0) is 11.2 Å². The minimum absolute atomic E-state index is 0.155. The number of anilines is 1. The molecule has 1 aliphatic heterocycles. The number of carbonyl (C=O) groups is 1. The molecule has 6 heteroatoms. The van der Waals surface area contributed by atoms with E-state index in [4.69, 9.17) is 0 Å². The number of hydrogen-bond acceptors (Lipinski definition) is 5. The quantitative estimate of drug-likeness (QED) is 0.874. The monoisotopic (exact) mass is 339 g/mol. The molecule has 0 radical (unpaired) electrons. The first kappa shape index (κ1) is 17.3. The number of aryl methyl sites for hydroxylation is 1. The van der Waals surface area contributed by atoms with E-state index < -0.39 is 0 Å². The normalized spacial score (nSPS) is 16.4. The molecule has 0 bridgehead atoms. The SMILES string of the molecule is CNC(=O)C1(CCCc2ccccn2)CCN(c2ncccn2)CC1. The summed E-state index contributed by atoms with van der Waals surface area (Å²) >= 11 is 0. The molecule has 25 heavy (non-hydrogen) atoms. The first-order valence-electron chi connectivity index (χ1n) is 8.88. The Bertz CT molecular complexity index is 663. The van der Waals surface area contributed by atoms with Crippen LogP contribution in [0.15, 0.2) is 42.9 Å². The van der Waals surface area contributed by atoms with Gasteiger partial charge in [-0.3, -0.25) is 9.78 Å². The van der Waals surface area contributed by atoms with E-state index in [9.17, 15) is 4.79 Å². The third kappa shape index (κ3) is 4.13. The highest BCUT2D eigenvalue weighted by molar-refractivity contribution is 5.82. The van der Waals surface area contributed by atoms with Gasteiger partial charge in [0.05, 0.1) is 5.41 Å². The van der Waals surface area contributed by atoms with Gasteiger partial charge < -0.3 is 10.2 Å². The number of pyridine rings is 1. The van der Waals surface area contributed by atoms with E-state index in [2.05, 4.69) is 25.2 Å². The van der Waals surface area contributed by atoms with Crippen LogP contribution < -0.4 is 10.2 Å². The Morgan fingerprint density at radius 1 is 1.12 bits per heavy atom. The smallest absolute Gasteiger partial charge is 0.226 e. The van der Waals surface area contributed by atoms with Crippen LogP contribution in [0.25, 0.3) is 0 Å². The molecule has 0 saturated carbocycles. The van der Waals surface area contributed by atoms with Crippen LogP contribution in [0.1, 0.15) is 31.4 Å². The molecule has 3 rings (SSSR count). The van der Waals surface area contributed by atoms with Gasteiger partial charge in [-0.25, -0.2) is 9.97 Å². The highest BCUT2D eigenvalue weighted by atomic mass is 16.2. The predicted molar refractivity (Wildman–Crippen MR) is 97.2 cm³/mol. The lowest BCUT2D eigenvalue weighted by Crippen LogP contribution is -2.48. The summed E-state index contributed by atoms with van der Waals surface area (Å²) in [5, 5.41) is 2.87. The molecular weight excluding hydrogens is 314 g/mol. The predicted octanol–water partition coefficient (Wildman–Crippen LogP) is 2.23. The van der Waals surface area contributed by atoms with Crippen molar-refractivity contribution in [3.05, 3.63) is 48.5 Å². The molecule has 0 aliphatic carbocycles. The minimum Gasteiger partial charge on any atom is -0.359 e. The molecule has 1 fully saturated rings. The van der Waals surface area contributed by atoms with Crippen molar-refractivity contribution in [1.82, 2.24) is 20.3 Å². The second-order valence-electron chi connectivity index (χ2n) is 6.57. The molecule has 1 saturated heterocycles. The van der Waals surface area contributed by atoms with Gasteiger partial charge in [0.2, 0.25) is 11.9 Å². The zero-order chi connectivity index (χ0) is 17.5. The van der Waals surface area contributed by atoms with E-state index >= 15 is 0 Å². The molecule has 2 aromatic rings. The fourth-order valence-corrected chi connectivity index (χ4v) is 3.60. The van der Waals surface area contributed by atoms with Crippen LogP contribution in [-0.4, -0.2) is 41.0 Å².